The highest BCUT2D eigenvalue weighted by atomic mass is 32.1. The highest BCUT2D eigenvalue weighted by Gasteiger charge is 2.28. The summed E-state index contributed by atoms with van der Waals surface area (Å²) in [5.74, 6) is 0.202. The maximum Gasteiger partial charge on any atom is 0.270 e. The van der Waals surface area contributed by atoms with Gasteiger partial charge < -0.3 is 20.1 Å². The second kappa shape index (κ2) is 9.37. The lowest BCUT2D eigenvalue weighted by atomic mass is 9.95. The summed E-state index contributed by atoms with van der Waals surface area (Å²) in [7, 11) is 0. The molecule has 1 aliphatic rings. The van der Waals surface area contributed by atoms with Crippen LogP contribution >= 0.6 is 11.3 Å². The van der Waals surface area contributed by atoms with Crippen LogP contribution in [0.15, 0.2) is 17.5 Å². The summed E-state index contributed by atoms with van der Waals surface area (Å²) >= 11 is 1.61. The van der Waals surface area contributed by atoms with E-state index in [4.69, 9.17) is 0 Å². The number of aromatic amines is 1. The van der Waals surface area contributed by atoms with E-state index in [9.17, 15) is 9.59 Å². The molecule has 0 aliphatic carbocycles. The van der Waals surface area contributed by atoms with Gasteiger partial charge in [-0.2, -0.15) is 0 Å². The number of thiophene rings is 1. The van der Waals surface area contributed by atoms with E-state index >= 15 is 0 Å². The van der Waals surface area contributed by atoms with E-state index in [1.165, 1.54) is 0 Å². The molecule has 1 aliphatic heterocycles. The lowest BCUT2D eigenvalue weighted by molar-refractivity contribution is -0.126. The lowest BCUT2D eigenvalue weighted by Gasteiger charge is -2.31. The molecule has 1 fully saturated rings. The molecule has 2 N–H and O–H groups in total. The van der Waals surface area contributed by atoms with Gasteiger partial charge >= 0.3 is 0 Å². The number of carbonyl (C=O) groups is 2. The van der Waals surface area contributed by atoms with Gasteiger partial charge in [0.05, 0.1) is 0 Å². The largest absolute Gasteiger partial charge is 0.356 e. The van der Waals surface area contributed by atoms with Gasteiger partial charge in [-0.05, 0) is 56.4 Å². The quantitative estimate of drug-likeness (QED) is 0.681. The Labute approximate surface area is 164 Å². The van der Waals surface area contributed by atoms with Crippen LogP contribution in [0.4, 0.5) is 0 Å². The molecule has 0 aromatic carbocycles. The van der Waals surface area contributed by atoms with E-state index in [1.54, 1.807) is 11.3 Å². The first-order chi connectivity index (χ1) is 13.1. The predicted molar refractivity (Wildman–Crippen MR) is 110 cm³/mol. The van der Waals surface area contributed by atoms with Crippen LogP contribution in [0.1, 0.15) is 43.6 Å². The second-order valence-electron chi connectivity index (χ2n) is 7.13. The second-order valence-corrected chi connectivity index (χ2v) is 8.04. The summed E-state index contributed by atoms with van der Waals surface area (Å²) in [5, 5.41) is 6.17. The fourth-order valence-electron chi connectivity index (χ4n) is 3.68. The molecule has 0 saturated carbocycles. The third-order valence-electron chi connectivity index (χ3n) is 5.47. The molecular formula is C20H30N4O2S. The van der Waals surface area contributed by atoms with Crippen LogP contribution < -0.4 is 5.32 Å². The average molecular weight is 391 g/mol. The molecule has 148 valence electrons. The first-order valence-corrected chi connectivity index (χ1v) is 10.9. The Balaban J connectivity index is 1.41. The molecule has 1 saturated heterocycles. The number of rotatable bonds is 8. The van der Waals surface area contributed by atoms with Gasteiger partial charge in [0.1, 0.15) is 10.5 Å². The van der Waals surface area contributed by atoms with Crippen molar-refractivity contribution < 1.29 is 9.59 Å². The molecule has 2 aromatic rings. The Morgan fingerprint density at radius 2 is 2.04 bits per heavy atom. The molecule has 2 aromatic heterocycles. The molecule has 0 spiro atoms. The molecular weight excluding hydrogens is 360 g/mol. The fourth-order valence-corrected chi connectivity index (χ4v) is 4.46. The number of piperidine rings is 1. The molecule has 0 radical (unpaired) electrons. The molecule has 0 atom stereocenters. The van der Waals surface area contributed by atoms with Gasteiger partial charge in [0.2, 0.25) is 5.91 Å². The fraction of sp³-hybridized carbons (Fsp3) is 0.600. The van der Waals surface area contributed by atoms with Gasteiger partial charge in [-0.25, -0.2) is 0 Å². The van der Waals surface area contributed by atoms with Crippen molar-refractivity contribution in [2.45, 2.75) is 33.1 Å². The summed E-state index contributed by atoms with van der Waals surface area (Å²) < 4.78 is 0. The van der Waals surface area contributed by atoms with E-state index in [0.29, 0.717) is 18.8 Å². The molecule has 0 bridgehead atoms. The Hall–Kier alpha value is -1.86. The average Bonchev–Trinajstić information content (AvgIpc) is 3.30. The zero-order valence-corrected chi connectivity index (χ0v) is 17.1. The summed E-state index contributed by atoms with van der Waals surface area (Å²) in [6, 6.07) is 3.94. The number of H-pyrrole nitrogens is 1. The first-order valence-electron chi connectivity index (χ1n) is 9.98. The molecule has 6 nitrogen and oxygen atoms in total. The van der Waals surface area contributed by atoms with E-state index in [0.717, 1.165) is 55.7 Å². The SMILES string of the molecule is CCN(CC)CCCNC(=O)C1CCN(C(=O)c2cc3ccsc3[nH]2)CC1. The number of fused-ring (bicyclic) bond motifs is 1. The van der Waals surface area contributed by atoms with Crippen LogP contribution in [0, 0.1) is 5.92 Å². The number of aromatic nitrogens is 1. The van der Waals surface area contributed by atoms with Gasteiger partial charge in [0, 0.05) is 30.9 Å². The van der Waals surface area contributed by atoms with Crippen molar-refractivity contribution in [3.8, 4) is 0 Å². The van der Waals surface area contributed by atoms with Crippen LogP contribution in [0.5, 0.6) is 0 Å². The number of hydrogen-bond acceptors (Lipinski definition) is 4. The van der Waals surface area contributed by atoms with Crippen molar-refractivity contribution in [1.29, 1.82) is 0 Å². The maximum atomic E-state index is 12.7. The molecule has 3 rings (SSSR count). The Morgan fingerprint density at radius 3 is 2.70 bits per heavy atom. The highest BCUT2D eigenvalue weighted by Crippen LogP contribution is 2.24. The topological polar surface area (TPSA) is 68.4 Å². The lowest BCUT2D eigenvalue weighted by Crippen LogP contribution is -2.43. The van der Waals surface area contributed by atoms with Gasteiger partial charge in [-0.15, -0.1) is 11.3 Å². The van der Waals surface area contributed by atoms with Crippen LogP contribution in [0.3, 0.4) is 0 Å². The van der Waals surface area contributed by atoms with Crippen molar-refractivity contribution in [3.63, 3.8) is 0 Å². The monoisotopic (exact) mass is 390 g/mol. The van der Waals surface area contributed by atoms with Crippen LogP contribution in [0.2, 0.25) is 0 Å². The third-order valence-corrected chi connectivity index (χ3v) is 6.32. The van der Waals surface area contributed by atoms with Crippen molar-refractivity contribution >= 4 is 33.4 Å². The Bertz CT molecular complexity index is 728. The van der Waals surface area contributed by atoms with Crippen molar-refractivity contribution in [3.05, 3.63) is 23.2 Å². The van der Waals surface area contributed by atoms with E-state index in [-0.39, 0.29) is 17.7 Å². The maximum absolute atomic E-state index is 12.7. The standard InChI is InChI=1S/C20H30N4O2S/c1-3-23(4-2)10-5-9-21-18(25)15-6-11-24(12-7-15)20(26)17-14-16-8-13-27-19(16)22-17/h8,13-15,22H,3-7,9-12H2,1-2H3,(H,21,25). The number of nitrogens with one attached hydrogen (secondary N) is 2. The first kappa shape index (κ1) is 19.9. The zero-order valence-electron chi connectivity index (χ0n) is 16.3. The number of likely N-dealkylation sites (tertiary alicyclic amines) is 1. The predicted octanol–water partition coefficient (Wildman–Crippen LogP) is 2.93. The molecule has 0 unspecified atom stereocenters. The van der Waals surface area contributed by atoms with Crippen molar-refractivity contribution in [2.24, 2.45) is 5.92 Å². The normalized spacial score (nSPS) is 15.6. The van der Waals surface area contributed by atoms with Gasteiger partial charge in [-0.3, -0.25) is 9.59 Å². The van der Waals surface area contributed by atoms with Crippen molar-refractivity contribution in [2.75, 3.05) is 39.3 Å². The van der Waals surface area contributed by atoms with Crippen LogP contribution in [-0.4, -0.2) is 65.9 Å². The van der Waals surface area contributed by atoms with E-state index in [1.807, 2.05) is 22.4 Å². The number of amides is 2. The molecule has 3 heterocycles. The van der Waals surface area contributed by atoms with Crippen molar-refractivity contribution in [1.82, 2.24) is 20.1 Å². The summed E-state index contributed by atoms with van der Waals surface area (Å²) in [4.78, 5) is 33.5. The number of carbonyl (C=O) groups excluding carboxylic acids is 2. The number of nitrogens with zero attached hydrogens (tertiary/aromatic N) is 2. The molecule has 27 heavy (non-hydrogen) atoms. The highest BCUT2D eigenvalue weighted by molar-refractivity contribution is 7.16. The molecule has 2 amide bonds. The Kier molecular flexibility index (Phi) is 6.90. The van der Waals surface area contributed by atoms with E-state index in [2.05, 4.69) is 29.0 Å². The minimum Gasteiger partial charge on any atom is -0.356 e. The summed E-state index contributed by atoms with van der Waals surface area (Å²) in [6.45, 7) is 9.46. The van der Waals surface area contributed by atoms with Crippen LogP contribution in [-0.2, 0) is 4.79 Å². The zero-order chi connectivity index (χ0) is 19.2. The summed E-state index contributed by atoms with van der Waals surface area (Å²) in [6.07, 6.45) is 2.46. The smallest absolute Gasteiger partial charge is 0.270 e. The summed E-state index contributed by atoms with van der Waals surface area (Å²) in [5.41, 5.74) is 0.649. The molecule has 7 heteroatoms. The minimum atomic E-state index is 0.0228. The van der Waals surface area contributed by atoms with Gasteiger partial charge in [0.15, 0.2) is 0 Å². The van der Waals surface area contributed by atoms with Gasteiger partial charge in [-0.1, -0.05) is 13.8 Å². The Morgan fingerprint density at radius 1 is 1.30 bits per heavy atom. The third kappa shape index (κ3) is 4.90. The van der Waals surface area contributed by atoms with E-state index < -0.39 is 0 Å². The number of hydrogen-bond donors (Lipinski definition) is 2. The van der Waals surface area contributed by atoms with Gasteiger partial charge in [0.25, 0.3) is 5.91 Å². The van der Waals surface area contributed by atoms with Crippen LogP contribution in [0.25, 0.3) is 10.2 Å². The minimum absolute atomic E-state index is 0.0228.